The van der Waals surface area contributed by atoms with Gasteiger partial charge in [0.25, 0.3) is 10.0 Å². The van der Waals surface area contributed by atoms with Crippen molar-refractivity contribution < 1.29 is 22.7 Å². The highest BCUT2D eigenvalue weighted by Gasteiger charge is 2.26. The highest BCUT2D eigenvalue weighted by molar-refractivity contribution is 7.90. The molecule has 1 aromatic carbocycles. The number of carboxylic acids is 1. The third-order valence-electron chi connectivity index (χ3n) is 5.17. The van der Waals surface area contributed by atoms with Gasteiger partial charge in [0.1, 0.15) is 22.3 Å². The largest absolute Gasteiger partial charge is 0.481 e. The number of aromatic nitrogens is 3. The van der Waals surface area contributed by atoms with E-state index in [1.54, 1.807) is 36.3 Å². The minimum atomic E-state index is -4.13. The van der Waals surface area contributed by atoms with Crippen LogP contribution in [0, 0.1) is 12.7 Å². The molecule has 0 radical (unpaired) electrons. The minimum absolute atomic E-state index is 0.0816. The van der Waals surface area contributed by atoms with E-state index in [4.69, 9.17) is 0 Å². The summed E-state index contributed by atoms with van der Waals surface area (Å²) in [6.45, 7) is 1.50. The van der Waals surface area contributed by atoms with E-state index in [0.717, 1.165) is 16.1 Å². The Morgan fingerprint density at radius 1 is 1.12 bits per heavy atom. The van der Waals surface area contributed by atoms with Gasteiger partial charge in [-0.25, -0.2) is 26.7 Å². The van der Waals surface area contributed by atoms with Crippen LogP contribution < -0.4 is 4.90 Å². The maximum Gasteiger partial charge on any atom is 0.307 e. The Kier molecular flexibility index (Phi) is 5.39. The third-order valence-corrected chi connectivity index (χ3v) is 6.96. The second-order valence-electron chi connectivity index (χ2n) is 7.16. The van der Waals surface area contributed by atoms with Gasteiger partial charge < -0.3 is 10.0 Å². The van der Waals surface area contributed by atoms with Crippen LogP contribution in [0.3, 0.4) is 0 Å². The van der Waals surface area contributed by atoms with Crippen molar-refractivity contribution in [3.8, 4) is 0 Å². The molecule has 0 saturated carbocycles. The summed E-state index contributed by atoms with van der Waals surface area (Å²) >= 11 is 0. The summed E-state index contributed by atoms with van der Waals surface area (Å²) in [5.41, 5.74) is 0.660. The zero-order chi connectivity index (χ0) is 23.0. The fourth-order valence-corrected chi connectivity index (χ4v) is 5.13. The van der Waals surface area contributed by atoms with Crippen LogP contribution in [0.25, 0.3) is 10.9 Å². The summed E-state index contributed by atoms with van der Waals surface area (Å²) < 4.78 is 41.8. The van der Waals surface area contributed by atoms with Crippen molar-refractivity contribution in [2.45, 2.75) is 18.2 Å². The van der Waals surface area contributed by atoms with Crippen LogP contribution in [0.2, 0.25) is 0 Å². The molecule has 164 valence electrons. The molecule has 0 bridgehead atoms. The summed E-state index contributed by atoms with van der Waals surface area (Å²) in [6.07, 6.45) is 2.44. The van der Waals surface area contributed by atoms with Crippen LogP contribution in [0.15, 0.2) is 65.8 Å². The molecule has 4 aromatic rings. The van der Waals surface area contributed by atoms with Crippen molar-refractivity contribution in [3.63, 3.8) is 0 Å². The Morgan fingerprint density at radius 2 is 1.88 bits per heavy atom. The molecule has 3 heterocycles. The van der Waals surface area contributed by atoms with E-state index >= 15 is 0 Å². The number of carboxylic acid groups (broad SMARTS) is 1. The van der Waals surface area contributed by atoms with Crippen LogP contribution in [0.5, 0.6) is 0 Å². The number of hydrogen-bond acceptors (Lipinski definition) is 6. The second kappa shape index (κ2) is 8.04. The number of hydrogen-bond donors (Lipinski definition) is 1. The van der Waals surface area contributed by atoms with Gasteiger partial charge in [0, 0.05) is 30.5 Å². The van der Waals surface area contributed by atoms with E-state index in [1.165, 1.54) is 25.3 Å². The molecule has 32 heavy (non-hydrogen) atoms. The van der Waals surface area contributed by atoms with E-state index in [-0.39, 0.29) is 27.1 Å². The number of benzene rings is 1. The average Bonchev–Trinajstić information content (AvgIpc) is 3.05. The number of nitrogens with zero attached hydrogens (tertiary/aromatic N) is 4. The SMILES string of the molecule is Cc1c(CC(=O)O)c2cc(F)ccc2n1S(=O)(=O)c1ccc(N(C)c2ccccn2)nc1. The van der Waals surface area contributed by atoms with E-state index in [0.29, 0.717) is 11.6 Å². The van der Waals surface area contributed by atoms with E-state index in [9.17, 15) is 22.7 Å². The zero-order valence-electron chi connectivity index (χ0n) is 17.2. The monoisotopic (exact) mass is 454 g/mol. The van der Waals surface area contributed by atoms with Crippen molar-refractivity contribution in [3.05, 3.63) is 78.0 Å². The Balaban J connectivity index is 1.80. The molecule has 8 nitrogen and oxygen atoms in total. The standard InChI is InChI=1S/C22H19FN4O4S/c1-14-17(12-22(28)29)18-11-15(23)6-8-19(18)27(14)32(30,31)16-7-9-21(25-13-16)26(2)20-5-3-4-10-24-20/h3-11,13H,12H2,1-2H3,(H,28,29). The molecule has 0 aliphatic carbocycles. The van der Waals surface area contributed by atoms with Gasteiger partial charge in [0.05, 0.1) is 11.9 Å². The lowest BCUT2D eigenvalue weighted by Crippen LogP contribution is -2.17. The van der Waals surface area contributed by atoms with Gasteiger partial charge in [-0.05, 0) is 55.0 Å². The topological polar surface area (TPSA) is 105 Å². The van der Waals surface area contributed by atoms with Gasteiger partial charge in [-0.15, -0.1) is 0 Å². The van der Waals surface area contributed by atoms with E-state index in [2.05, 4.69) is 9.97 Å². The molecule has 0 aliphatic heterocycles. The first-order chi connectivity index (χ1) is 15.2. The van der Waals surface area contributed by atoms with Gasteiger partial charge >= 0.3 is 5.97 Å². The predicted octanol–water partition coefficient (Wildman–Crippen LogP) is 3.51. The first kappa shape index (κ1) is 21.4. The van der Waals surface area contributed by atoms with Crippen LogP contribution in [0.1, 0.15) is 11.3 Å². The number of rotatable bonds is 6. The molecule has 4 rings (SSSR count). The second-order valence-corrected chi connectivity index (χ2v) is 8.95. The first-order valence-corrected chi connectivity index (χ1v) is 11.0. The molecule has 10 heteroatoms. The highest BCUT2D eigenvalue weighted by Crippen LogP contribution is 2.31. The molecule has 0 aliphatic rings. The Labute approximate surface area is 183 Å². The van der Waals surface area contributed by atoms with Crippen molar-refractivity contribution in [1.82, 2.24) is 13.9 Å². The molecule has 0 amide bonds. The smallest absolute Gasteiger partial charge is 0.307 e. The maximum absolute atomic E-state index is 13.8. The quantitative estimate of drug-likeness (QED) is 0.475. The summed E-state index contributed by atoms with van der Waals surface area (Å²) in [4.78, 5) is 21.5. The van der Waals surface area contributed by atoms with Crippen LogP contribution >= 0.6 is 0 Å². The number of halogens is 1. The van der Waals surface area contributed by atoms with Gasteiger partial charge in [-0.3, -0.25) is 4.79 Å². The van der Waals surface area contributed by atoms with Crippen molar-refractivity contribution >= 4 is 38.5 Å². The molecule has 1 N–H and O–H groups in total. The lowest BCUT2D eigenvalue weighted by molar-refractivity contribution is -0.136. The third kappa shape index (κ3) is 3.69. The summed E-state index contributed by atoms with van der Waals surface area (Å²) in [6, 6.07) is 12.0. The fraction of sp³-hybridized carbons (Fsp3) is 0.136. The molecule has 0 fully saturated rings. The number of carbonyl (C=O) groups is 1. The van der Waals surface area contributed by atoms with Crippen molar-refractivity contribution in [2.24, 2.45) is 0 Å². The molecule has 3 aromatic heterocycles. The Morgan fingerprint density at radius 3 is 2.50 bits per heavy atom. The lowest BCUT2D eigenvalue weighted by atomic mass is 10.1. The highest BCUT2D eigenvalue weighted by atomic mass is 32.2. The molecular formula is C22H19FN4O4S. The Bertz CT molecular complexity index is 1420. The normalized spacial score (nSPS) is 11.6. The molecular weight excluding hydrogens is 435 g/mol. The Hall–Kier alpha value is -3.79. The molecule has 0 spiro atoms. The van der Waals surface area contributed by atoms with Crippen molar-refractivity contribution in [1.29, 1.82) is 0 Å². The van der Waals surface area contributed by atoms with E-state index in [1.807, 2.05) is 6.07 Å². The number of pyridine rings is 2. The van der Waals surface area contributed by atoms with Gasteiger partial charge in [-0.1, -0.05) is 6.07 Å². The lowest BCUT2D eigenvalue weighted by Gasteiger charge is -2.17. The van der Waals surface area contributed by atoms with Crippen LogP contribution in [0.4, 0.5) is 16.0 Å². The van der Waals surface area contributed by atoms with E-state index < -0.39 is 28.2 Å². The summed E-state index contributed by atoms with van der Waals surface area (Å²) in [7, 11) is -2.37. The van der Waals surface area contributed by atoms with Gasteiger partial charge in [0.2, 0.25) is 0 Å². The summed E-state index contributed by atoms with van der Waals surface area (Å²) in [5.74, 6) is -0.590. The molecule has 0 saturated heterocycles. The number of fused-ring (bicyclic) bond motifs is 1. The maximum atomic E-state index is 13.8. The zero-order valence-corrected chi connectivity index (χ0v) is 18.0. The molecule has 0 unspecified atom stereocenters. The first-order valence-electron chi connectivity index (χ1n) is 9.58. The number of anilines is 2. The predicted molar refractivity (Wildman–Crippen MR) is 117 cm³/mol. The average molecular weight is 454 g/mol. The molecule has 0 atom stereocenters. The summed E-state index contributed by atoms with van der Waals surface area (Å²) in [5, 5.41) is 9.50. The van der Waals surface area contributed by atoms with Gasteiger partial charge in [0.15, 0.2) is 0 Å². The van der Waals surface area contributed by atoms with Crippen LogP contribution in [-0.2, 0) is 21.2 Å². The number of aliphatic carboxylic acids is 1. The van der Waals surface area contributed by atoms with Crippen molar-refractivity contribution in [2.75, 3.05) is 11.9 Å². The minimum Gasteiger partial charge on any atom is -0.481 e. The van der Waals surface area contributed by atoms with Crippen LogP contribution in [-0.4, -0.2) is 40.5 Å². The fourth-order valence-electron chi connectivity index (χ4n) is 3.61. The van der Waals surface area contributed by atoms with Gasteiger partial charge in [-0.2, -0.15) is 0 Å².